The number of carboxylic acids is 1. The minimum atomic E-state index is -1.36. The molecule has 7 heteroatoms. The monoisotopic (exact) mass is 279 g/mol. The van der Waals surface area contributed by atoms with Crippen molar-refractivity contribution in [3.8, 4) is 0 Å². The topological polar surface area (TPSA) is 136 Å². The minimum Gasteiger partial charge on any atom is -0.480 e. The van der Waals surface area contributed by atoms with Gasteiger partial charge in [0.25, 0.3) is 0 Å². The molecule has 0 aliphatic carbocycles. The van der Waals surface area contributed by atoms with Crippen LogP contribution < -0.4 is 16.8 Å². The van der Waals surface area contributed by atoms with Crippen molar-refractivity contribution in [3.05, 3.63) is 35.9 Å². The summed E-state index contributed by atoms with van der Waals surface area (Å²) in [4.78, 5) is 33.4. The van der Waals surface area contributed by atoms with Crippen LogP contribution in [0.15, 0.2) is 30.3 Å². The van der Waals surface area contributed by atoms with Crippen molar-refractivity contribution in [2.24, 2.45) is 11.5 Å². The van der Waals surface area contributed by atoms with E-state index in [1.165, 1.54) is 0 Å². The largest absolute Gasteiger partial charge is 0.480 e. The molecule has 2 amide bonds. The van der Waals surface area contributed by atoms with E-state index in [0.29, 0.717) is 0 Å². The number of nitrogens with two attached hydrogens (primary N) is 2. The van der Waals surface area contributed by atoms with Crippen molar-refractivity contribution < 1.29 is 19.5 Å². The van der Waals surface area contributed by atoms with Crippen LogP contribution in [0.2, 0.25) is 0 Å². The fraction of sp³-hybridized carbons (Fsp3) is 0.308. The Balaban J connectivity index is 2.59. The molecule has 0 aliphatic rings. The number of hydrogen-bond acceptors (Lipinski definition) is 4. The Hall–Kier alpha value is -2.41. The van der Waals surface area contributed by atoms with Gasteiger partial charge in [-0.3, -0.25) is 9.59 Å². The molecular formula is C13H17N3O4. The van der Waals surface area contributed by atoms with E-state index in [4.69, 9.17) is 16.6 Å². The Bertz CT molecular complexity index is 490. The molecule has 1 unspecified atom stereocenters. The van der Waals surface area contributed by atoms with E-state index in [1.807, 2.05) is 30.3 Å². The number of carbonyl (C=O) groups excluding carboxylic acids is 2. The van der Waals surface area contributed by atoms with Gasteiger partial charge in [0.1, 0.15) is 6.04 Å². The van der Waals surface area contributed by atoms with Gasteiger partial charge in [0, 0.05) is 0 Å². The van der Waals surface area contributed by atoms with Crippen LogP contribution in [0.5, 0.6) is 0 Å². The molecular weight excluding hydrogens is 262 g/mol. The molecule has 0 radical (unpaired) electrons. The third-order valence-corrected chi connectivity index (χ3v) is 2.66. The van der Waals surface area contributed by atoms with Gasteiger partial charge in [-0.1, -0.05) is 30.3 Å². The zero-order chi connectivity index (χ0) is 15.1. The van der Waals surface area contributed by atoms with Crippen LogP contribution in [0.1, 0.15) is 12.0 Å². The first-order valence-electron chi connectivity index (χ1n) is 6.01. The SMILES string of the molecule is NC(=O)CC(NC(=O)[C@H](N)Cc1ccccc1)C(=O)O. The van der Waals surface area contributed by atoms with Crippen molar-refractivity contribution in [3.63, 3.8) is 0 Å². The van der Waals surface area contributed by atoms with E-state index in [0.717, 1.165) is 5.56 Å². The van der Waals surface area contributed by atoms with Crippen molar-refractivity contribution >= 4 is 17.8 Å². The number of primary amides is 1. The predicted octanol–water partition coefficient (Wildman–Crippen LogP) is -0.999. The van der Waals surface area contributed by atoms with Gasteiger partial charge >= 0.3 is 5.97 Å². The van der Waals surface area contributed by atoms with Crippen molar-refractivity contribution in [2.45, 2.75) is 24.9 Å². The van der Waals surface area contributed by atoms with Crippen LogP contribution in [0.4, 0.5) is 0 Å². The van der Waals surface area contributed by atoms with Crippen LogP contribution >= 0.6 is 0 Å². The molecule has 1 rings (SSSR count). The third kappa shape index (κ3) is 5.07. The Labute approximate surface area is 115 Å². The summed E-state index contributed by atoms with van der Waals surface area (Å²) in [7, 11) is 0. The summed E-state index contributed by atoms with van der Waals surface area (Å²) in [5.74, 6) is -2.78. The third-order valence-electron chi connectivity index (χ3n) is 2.66. The molecule has 0 saturated carbocycles. The van der Waals surface area contributed by atoms with Gasteiger partial charge in [-0.2, -0.15) is 0 Å². The zero-order valence-corrected chi connectivity index (χ0v) is 10.8. The van der Waals surface area contributed by atoms with Gasteiger partial charge in [-0.05, 0) is 12.0 Å². The lowest BCUT2D eigenvalue weighted by molar-refractivity contribution is -0.143. The fourth-order valence-corrected chi connectivity index (χ4v) is 1.64. The van der Waals surface area contributed by atoms with E-state index >= 15 is 0 Å². The van der Waals surface area contributed by atoms with Crippen molar-refractivity contribution in [2.75, 3.05) is 0 Å². The highest BCUT2D eigenvalue weighted by Crippen LogP contribution is 2.02. The summed E-state index contributed by atoms with van der Waals surface area (Å²) < 4.78 is 0. The molecule has 2 atom stereocenters. The molecule has 0 spiro atoms. The van der Waals surface area contributed by atoms with E-state index in [1.54, 1.807) is 0 Å². The molecule has 1 aromatic carbocycles. The van der Waals surface area contributed by atoms with Gasteiger partial charge in [0.05, 0.1) is 12.5 Å². The Kier molecular flexibility index (Phi) is 5.67. The Morgan fingerprint density at radius 1 is 1.20 bits per heavy atom. The molecule has 0 heterocycles. The van der Waals surface area contributed by atoms with Crippen LogP contribution in [0.25, 0.3) is 0 Å². The number of nitrogens with one attached hydrogen (secondary N) is 1. The molecule has 1 aromatic rings. The molecule has 108 valence electrons. The summed E-state index contributed by atoms with van der Waals surface area (Å²) in [6, 6.07) is 6.83. The lowest BCUT2D eigenvalue weighted by atomic mass is 10.1. The van der Waals surface area contributed by atoms with Crippen LogP contribution in [-0.2, 0) is 20.8 Å². The minimum absolute atomic E-state index is 0.273. The van der Waals surface area contributed by atoms with Gasteiger partial charge in [-0.25, -0.2) is 4.79 Å². The number of carbonyl (C=O) groups is 3. The number of rotatable bonds is 7. The van der Waals surface area contributed by atoms with Gasteiger partial charge < -0.3 is 21.9 Å². The maximum absolute atomic E-state index is 11.8. The predicted molar refractivity (Wildman–Crippen MR) is 71.5 cm³/mol. The molecule has 20 heavy (non-hydrogen) atoms. The standard InChI is InChI=1S/C13H17N3O4/c14-9(6-8-4-2-1-3-5-8)12(18)16-10(13(19)20)7-11(15)17/h1-5,9-10H,6-7,14H2,(H2,15,17)(H,16,18)(H,19,20)/t9-,10?/m1/s1. The highest BCUT2D eigenvalue weighted by molar-refractivity contribution is 5.90. The number of hydrogen-bond donors (Lipinski definition) is 4. The maximum Gasteiger partial charge on any atom is 0.326 e. The lowest BCUT2D eigenvalue weighted by Crippen LogP contribution is -2.50. The smallest absolute Gasteiger partial charge is 0.326 e. The van der Waals surface area contributed by atoms with Gasteiger partial charge in [0.15, 0.2) is 0 Å². The molecule has 6 N–H and O–H groups in total. The van der Waals surface area contributed by atoms with E-state index in [2.05, 4.69) is 5.32 Å². The molecule has 0 aromatic heterocycles. The van der Waals surface area contributed by atoms with Gasteiger partial charge in [-0.15, -0.1) is 0 Å². The van der Waals surface area contributed by atoms with E-state index < -0.39 is 36.3 Å². The Morgan fingerprint density at radius 2 is 1.80 bits per heavy atom. The highest BCUT2D eigenvalue weighted by Gasteiger charge is 2.24. The fourth-order valence-electron chi connectivity index (χ4n) is 1.64. The quantitative estimate of drug-likeness (QED) is 0.507. The second kappa shape index (κ2) is 7.25. The Morgan fingerprint density at radius 3 is 2.30 bits per heavy atom. The number of carboxylic acid groups (broad SMARTS) is 1. The lowest BCUT2D eigenvalue weighted by Gasteiger charge is -2.16. The first kappa shape index (κ1) is 15.6. The summed E-state index contributed by atoms with van der Waals surface area (Å²) in [6.07, 6.45) is -0.200. The number of benzene rings is 1. The summed E-state index contributed by atoms with van der Waals surface area (Å²) in [5.41, 5.74) is 11.5. The zero-order valence-electron chi connectivity index (χ0n) is 10.8. The second-order valence-corrected chi connectivity index (χ2v) is 4.37. The van der Waals surface area contributed by atoms with E-state index in [-0.39, 0.29) is 6.42 Å². The van der Waals surface area contributed by atoms with Crippen molar-refractivity contribution in [1.29, 1.82) is 0 Å². The maximum atomic E-state index is 11.8. The van der Waals surface area contributed by atoms with Gasteiger partial charge in [0.2, 0.25) is 11.8 Å². The first-order valence-corrected chi connectivity index (χ1v) is 6.01. The first-order chi connectivity index (χ1) is 9.40. The van der Waals surface area contributed by atoms with Crippen LogP contribution in [0.3, 0.4) is 0 Å². The molecule has 7 nitrogen and oxygen atoms in total. The second-order valence-electron chi connectivity index (χ2n) is 4.37. The normalized spacial score (nSPS) is 13.2. The number of aliphatic carboxylic acids is 1. The van der Waals surface area contributed by atoms with Crippen LogP contribution in [-0.4, -0.2) is 35.0 Å². The average molecular weight is 279 g/mol. The molecule has 0 saturated heterocycles. The average Bonchev–Trinajstić information content (AvgIpc) is 2.38. The summed E-state index contributed by atoms with van der Waals surface area (Å²) in [6.45, 7) is 0. The summed E-state index contributed by atoms with van der Waals surface area (Å²) >= 11 is 0. The molecule has 0 aliphatic heterocycles. The molecule has 0 bridgehead atoms. The summed E-state index contributed by atoms with van der Waals surface area (Å²) in [5, 5.41) is 11.1. The molecule has 0 fully saturated rings. The highest BCUT2D eigenvalue weighted by atomic mass is 16.4. The number of amides is 2. The van der Waals surface area contributed by atoms with Crippen molar-refractivity contribution in [1.82, 2.24) is 5.32 Å². The van der Waals surface area contributed by atoms with Crippen LogP contribution in [0, 0.1) is 0 Å². The van der Waals surface area contributed by atoms with E-state index in [9.17, 15) is 14.4 Å².